The van der Waals surface area contributed by atoms with Crippen molar-refractivity contribution in [1.82, 2.24) is 5.32 Å². The van der Waals surface area contributed by atoms with Crippen LogP contribution in [0, 0.1) is 0 Å². The van der Waals surface area contributed by atoms with Gasteiger partial charge in [0.15, 0.2) is 0 Å². The van der Waals surface area contributed by atoms with E-state index in [9.17, 15) is 0 Å². The highest BCUT2D eigenvalue weighted by atomic mass is 35.5. The summed E-state index contributed by atoms with van der Waals surface area (Å²) in [6.45, 7) is 3.84. The van der Waals surface area contributed by atoms with Crippen LogP contribution in [0.2, 0.25) is 5.02 Å². The molecule has 0 aromatic heterocycles. The number of rotatable bonds is 8. The third-order valence-electron chi connectivity index (χ3n) is 2.40. The van der Waals surface area contributed by atoms with Crippen molar-refractivity contribution >= 4 is 23.4 Å². The van der Waals surface area contributed by atoms with E-state index in [0.29, 0.717) is 6.04 Å². The fourth-order valence-corrected chi connectivity index (χ4v) is 2.95. The Hall–Kier alpha value is -0.220. The number of nitrogens with one attached hydrogen (secondary N) is 1. The zero-order valence-corrected chi connectivity index (χ0v) is 12.0. The fourth-order valence-electron chi connectivity index (χ4n) is 1.58. The van der Waals surface area contributed by atoms with Gasteiger partial charge in [-0.1, -0.05) is 36.7 Å². The first-order valence-electron chi connectivity index (χ1n) is 5.81. The van der Waals surface area contributed by atoms with Crippen LogP contribution in [0.4, 0.5) is 0 Å². The largest absolute Gasteiger partial charge is 0.383 e. The molecule has 0 aliphatic heterocycles. The molecule has 0 radical (unpaired) electrons. The van der Waals surface area contributed by atoms with Gasteiger partial charge in [0, 0.05) is 29.7 Å². The first kappa shape index (κ1) is 14.8. The number of thioether (sulfide) groups is 1. The fraction of sp³-hybridized carbons (Fsp3) is 0.538. The number of halogens is 1. The molecule has 0 spiro atoms. The van der Waals surface area contributed by atoms with Crippen LogP contribution in [-0.4, -0.2) is 32.1 Å². The summed E-state index contributed by atoms with van der Waals surface area (Å²) in [5, 5.41) is 4.26. The van der Waals surface area contributed by atoms with Gasteiger partial charge in [-0.15, -0.1) is 0 Å². The summed E-state index contributed by atoms with van der Waals surface area (Å²) in [5.41, 5.74) is 1.20. The molecule has 0 amide bonds. The third-order valence-corrected chi connectivity index (χ3v) is 3.92. The molecule has 1 unspecified atom stereocenters. The van der Waals surface area contributed by atoms with Crippen molar-refractivity contribution in [2.75, 3.05) is 26.0 Å². The van der Waals surface area contributed by atoms with Crippen LogP contribution in [0.1, 0.15) is 12.5 Å². The predicted molar refractivity (Wildman–Crippen MR) is 77.0 cm³/mol. The van der Waals surface area contributed by atoms with Crippen molar-refractivity contribution in [3.8, 4) is 0 Å². The maximum atomic E-state index is 6.11. The molecule has 0 saturated heterocycles. The molecular formula is C13H20ClNOS. The predicted octanol–water partition coefficient (Wildman–Crippen LogP) is 3.20. The van der Waals surface area contributed by atoms with Crippen LogP contribution in [0.3, 0.4) is 0 Å². The summed E-state index contributed by atoms with van der Waals surface area (Å²) in [6, 6.07) is 8.42. The molecular weight excluding hydrogens is 254 g/mol. The van der Waals surface area contributed by atoms with Crippen molar-refractivity contribution < 1.29 is 4.74 Å². The summed E-state index contributed by atoms with van der Waals surface area (Å²) in [4.78, 5) is 0. The molecule has 0 saturated carbocycles. The highest BCUT2D eigenvalue weighted by molar-refractivity contribution is 7.98. The van der Waals surface area contributed by atoms with E-state index >= 15 is 0 Å². The lowest BCUT2D eigenvalue weighted by Crippen LogP contribution is -2.35. The second kappa shape index (κ2) is 8.81. The summed E-state index contributed by atoms with van der Waals surface area (Å²) < 4.78 is 5.18. The molecule has 0 aliphatic rings. The van der Waals surface area contributed by atoms with E-state index in [4.69, 9.17) is 16.3 Å². The van der Waals surface area contributed by atoms with E-state index in [1.54, 1.807) is 7.11 Å². The van der Waals surface area contributed by atoms with E-state index in [1.807, 2.05) is 30.0 Å². The highest BCUT2D eigenvalue weighted by Crippen LogP contribution is 2.21. The zero-order valence-electron chi connectivity index (χ0n) is 10.4. The first-order valence-corrected chi connectivity index (χ1v) is 7.34. The quantitative estimate of drug-likeness (QED) is 0.786. The summed E-state index contributed by atoms with van der Waals surface area (Å²) in [7, 11) is 1.74. The SMILES string of the molecule is CCNC(COC)CSCc1ccccc1Cl. The Labute approximate surface area is 113 Å². The molecule has 1 aromatic rings. The van der Waals surface area contributed by atoms with Gasteiger partial charge in [0.05, 0.1) is 6.61 Å². The van der Waals surface area contributed by atoms with Gasteiger partial charge in [-0.25, -0.2) is 0 Å². The maximum Gasteiger partial charge on any atom is 0.0623 e. The van der Waals surface area contributed by atoms with Gasteiger partial charge in [0.25, 0.3) is 0 Å². The molecule has 1 N–H and O–H groups in total. The third kappa shape index (κ3) is 5.77. The first-order chi connectivity index (χ1) is 8.27. The molecule has 2 nitrogen and oxygen atoms in total. The van der Waals surface area contributed by atoms with E-state index in [0.717, 1.165) is 29.7 Å². The molecule has 0 fully saturated rings. The van der Waals surface area contributed by atoms with E-state index in [2.05, 4.69) is 18.3 Å². The number of hydrogen-bond donors (Lipinski definition) is 1. The number of benzene rings is 1. The van der Waals surface area contributed by atoms with Crippen LogP contribution in [0.15, 0.2) is 24.3 Å². The minimum atomic E-state index is 0.414. The van der Waals surface area contributed by atoms with E-state index < -0.39 is 0 Å². The summed E-state index contributed by atoms with van der Waals surface area (Å²) in [5.74, 6) is 1.98. The molecule has 1 atom stereocenters. The van der Waals surface area contributed by atoms with Gasteiger partial charge in [-0.3, -0.25) is 0 Å². The van der Waals surface area contributed by atoms with Crippen molar-refractivity contribution in [1.29, 1.82) is 0 Å². The Balaban J connectivity index is 2.33. The topological polar surface area (TPSA) is 21.3 Å². The highest BCUT2D eigenvalue weighted by Gasteiger charge is 2.07. The summed E-state index contributed by atoms with van der Waals surface area (Å²) in [6.07, 6.45) is 0. The van der Waals surface area contributed by atoms with Gasteiger partial charge < -0.3 is 10.1 Å². The van der Waals surface area contributed by atoms with E-state index in [-0.39, 0.29) is 0 Å². The smallest absolute Gasteiger partial charge is 0.0623 e. The Morgan fingerprint density at radius 2 is 2.18 bits per heavy atom. The lowest BCUT2D eigenvalue weighted by molar-refractivity contribution is 0.174. The average Bonchev–Trinajstić information content (AvgIpc) is 2.32. The van der Waals surface area contributed by atoms with Crippen LogP contribution in [-0.2, 0) is 10.5 Å². The molecule has 17 heavy (non-hydrogen) atoms. The standard InChI is InChI=1S/C13H20ClNOS/c1-3-15-12(8-16-2)10-17-9-11-6-4-5-7-13(11)14/h4-7,12,15H,3,8-10H2,1-2H3. The summed E-state index contributed by atoms with van der Waals surface area (Å²) >= 11 is 7.99. The lowest BCUT2D eigenvalue weighted by atomic mass is 10.2. The monoisotopic (exact) mass is 273 g/mol. The van der Waals surface area contributed by atoms with Crippen molar-refractivity contribution in [3.63, 3.8) is 0 Å². The van der Waals surface area contributed by atoms with Crippen LogP contribution in [0.25, 0.3) is 0 Å². The minimum Gasteiger partial charge on any atom is -0.383 e. The van der Waals surface area contributed by atoms with Gasteiger partial charge in [-0.2, -0.15) is 11.8 Å². The second-order valence-electron chi connectivity index (χ2n) is 3.82. The van der Waals surface area contributed by atoms with Crippen LogP contribution in [0.5, 0.6) is 0 Å². The molecule has 1 rings (SSSR count). The lowest BCUT2D eigenvalue weighted by Gasteiger charge is -2.16. The number of ether oxygens (including phenoxy) is 1. The van der Waals surface area contributed by atoms with Gasteiger partial charge in [0.1, 0.15) is 0 Å². The molecule has 96 valence electrons. The average molecular weight is 274 g/mol. The number of hydrogen-bond acceptors (Lipinski definition) is 3. The van der Waals surface area contributed by atoms with Gasteiger partial charge >= 0.3 is 0 Å². The normalized spacial score (nSPS) is 12.6. The number of likely N-dealkylation sites (N-methyl/N-ethyl adjacent to an activating group) is 1. The van der Waals surface area contributed by atoms with Crippen molar-refractivity contribution in [2.24, 2.45) is 0 Å². The Morgan fingerprint density at radius 3 is 2.82 bits per heavy atom. The van der Waals surface area contributed by atoms with Crippen LogP contribution >= 0.6 is 23.4 Å². The van der Waals surface area contributed by atoms with Gasteiger partial charge in [-0.05, 0) is 18.2 Å². The second-order valence-corrected chi connectivity index (χ2v) is 5.25. The molecule has 0 heterocycles. The maximum absolute atomic E-state index is 6.11. The van der Waals surface area contributed by atoms with Gasteiger partial charge in [0.2, 0.25) is 0 Å². The Morgan fingerprint density at radius 1 is 1.41 bits per heavy atom. The Kier molecular flexibility index (Phi) is 7.69. The molecule has 0 aliphatic carbocycles. The Bertz CT molecular complexity index is 316. The van der Waals surface area contributed by atoms with Crippen molar-refractivity contribution in [2.45, 2.75) is 18.7 Å². The molecule has 4 heteroatoms. The van der Waals surface area contributed by atoms with Crippen LogP contribution < -0.4 is 5.32 Å². The zero-order chi connectivity index (χ0) is 12.5. The van der Waals surface area contributed by atoms with Crippen molar-refractivity contribution in [3.05, 3.63) is 34.9 Å². The molecule has 1 aromatic carbocycles. The molecule has 0 bridgehead atoms. The van der Waals surface area contributed by atoms with E-state index in [1.165, 1.54) is 5.56 Å². The minimum absolute atomic E-state index is 0.414. The number of methoxy groups -OCH3 is 1.